The lowest BCUT2D eigenvalue weighted by molar-refractivity contribution is 0.0778. The highest BCUT2D eigenvalue weighted by Gasteiger charge is 2.17. The fourth-order valence-electron chi connectivity index (χ4n) is 1.78. The number of amides is 1. The van der Waals surface area contributed by atoms with Gasteiger partial charge >= 0.3 is 0 Å². The van der Waals surface area contributed by atoms with Crippen molar-refractivity contribution >= 4 is 11.6 Å². The second-order valence-corrected chi connectivity index (χ2v) is 4.16. The number of methoxy groups -OCH3 is 1. The minimum Gasteiger partial charge on any atom is -0.496 e. The molecule has 0 saturated heterocycles. The van der Waals surface area contributed by atoms with E-state index in [4.69, 9.17) is 10.5 Å². The Hall–Kier alpha value is -2.50. The Morgan fingerprint density at radius 2 is 2.32 bits per heavy atom. The number of nitrogens with zero attached hydrogens (tertiary/aromatic N) is 2. The zero-order valence-corrected chi connectivity index (χ0v) is 10.9. The van der Waals surface area contributed by atoms with Crippen LogP contribution >= 0.6 is 0 Å². The van der Waals surface area contributed by atoms with Crippen molar-refractivity contribution in [2.24, 2.45) is 0 Å². The molecule has 0 fully saturated rings. The van der Waals surface area contributed by atoms with Crippen LogP contribution in [0.3, 0.4) is 0 Å². The van der Waals surface area contributed by atoms with Crippen molar-refractivity contribution in [1.29, 1.82) is 0 Å². The molecule has 3 N–H and O–H groups in total. The van der Waals surface area contributed by atoms with Gasteiger partial charge in [0.25, 0.3) is 5.91 Å². The van der Waals surface area contributed by atoms with Crippen molar-refractivity contribution in [1.82, 2.24) is 14.9 Å². The Bertz CT molecular complexity index is 566. The molecule has 0 aliphatic carbocycles. The molecule has 0 radical (unpaired) electrons. The topological polar surface area (TPSA) is 84.2 Å². The SMILES string of the molecule is COc1ccc(N)cc1C(=O)N(C)Cc1ncc[nH]1. The maximum Gasteiger partial charge on any atom is 0.257 e. The smallest absolute Gasteiger partial charge is 0.257 e. The number of ether oxygens (including phenoxy) is 1. The lowest BCUT2D eigenvalue weighted by Crippen LogP contribution is -2.27. The van der Waals surface area contributed by atoms with E-state index >= 15 is 0 Å². The minimum absolute atomic E-state index is 0.166. The molecule has 2 rings (SSSR count). The maximum absolute atomic E-state index is 12.4. The summed E-state index contributed by atoms with van der Waals surface area (Å²) in [5, 5.41) is 0. The molecular formula is C13H16N4O2. The number of H-pyrrole nitrogens is 1. The minimum atomic E-state index is -0.166. The first kappa shape index (κ1) is 12.9. The van der Waals surface area contributed by atoms with Gasteiger partial charge in [0.05, 0.1) is 19.2 Å². The highest BCUT2D eigenvalue weighted by Crippen LogP contribution is 2.22. The number of hydrogen-bond acceptors (Lipinski definition) is 4. The van der Waals surface area contributed by atoms with Gasteiger partial charge in [-0.3, -0.25) is 4.79 Å². The molecule has 100 valence electrons. The molecule has 2 aromatic rings. The Morgan fingerprint density at radius 3 is 2.95 bits per heavy atom. The van der Waals surface area contributed by atoms with Crippen LogP contribution in [0.15, 0.2) is 30.6 Å². The summed E-state index contributed by atoms with van der Waals surface area (Å²) >= 11 is 0. The van der Waals surface area contributed by atoms with Gasteiger partial charge in [-0.1, -0.05) is 0 Å². The zero-order valence-electron chi connectivity index (χ0n) is 10.9. The first-order chi connectivity index (χ1) is 9.11. The number of hydrogen-bond donors (Lipinski definition) is 2. The third-order valence-corrected chi connectivity index (χ3v) is 2.74. The molecule has 0 unspecified atom stereocenters. The van der Waals surface area contributed by atoms with E-state index in [1.165, 1.54) is 7.11 Å². The van der Waals surface area contributed by atoms with Crippen LogP contribution in [0.4, 0.5) is 5.69 Å². The van der Waals surface area contributed by atoms with Crippen molar-refractivity contribution in [2.45, 2.75) is 6.54 Å². The van der Waals surface area contributed by atoms with Gasteiger partial charge < -0.3 is 20.4 Å². The Morgan fingerprint density at radius 1 is 1.53 bits per heavy atom. The summed E-state index contributed by atoms with van der Waals surface area (Å²) in [6.07, 6.45) is 3.36. The molecule has 0 aliphatic rings. The first-order valence-corrected chi connectivity index (χ1v) is 5.79. The van der Waals surface area contributed by atoms with Crippen LogP contribution < -0.4 is 10.5 Å². The number of carbonyl (C=O) groups excluding carboxylic acids is 1. The van der Waals surface area contributed by atoms with Gasteiger partial charge in [0.1, 0.15) is 11.6 Å². The van der Waals surface area contributed by atoms with Crippen LogP contribution in [0.25, 0.3) is 0 Å². The third kappa shape index (κ3) is 2.85. The maximum atomic E-state index is 12.4. The summed E-state index contributed by atoms with van der Waals surface area (Å²) in [6, 6.07) is 4.99. The number of anilines is 1. The van der Waals surface area contributed by atoms with Gasteiger partial charge in [-0.2, -0.15) is 0 Å². The van der Waals surface area contributed by atoms with Crippen molar-refractivity contribution in [3.8, 4) is 5.75 Å². The zero-order chi connectivity index (χ0) is 13.8. The summed E-state index contributed by atoms with van der Waals surface area (Å²) in [5.41, 5.74) is 6.68. The average molecular weight is 260 g/mol. The van der Waals surface area contributed by atoms with Crippen molar-refractivity contribution in [3.63, 3.8) is 0 Å². The van der Waals surface area contributed by atoms with E-state index in [0.717, 1.165) is 5.82 Å². The van der Waals surface area contributed by atoms with Gasteiger partial charge in [0, 0.05) is 25.1 Å². The molecule has 1 heterocycles. The monoisotopic (exact) mass is 260 g/mol. The van der Waals surface area contributed by atoms with E-state index in [2.05, 4.69) is 9.97 Å². The number of aromatic amines is 1. The number of carbonyl (C=O) groups is 1. The van der Waals surface area contributed by atoms with Gasteiger partial charge in [-0.25, -0.2) is 4.98 Å². The summed E-state index contributed by atoms with van der Waals surface area (Å²) in [4.78, 5) is 20.9. The number of aromatic nitrogens is 2. The largest absolute Gasteiger partial charge is 0.496 e. The standard InChI is InChI=1S/C13H16N4O2/c1-17(8-12-15-5-6-16-12)13(18)10-7-9(14)3-4-11(10)19-2/h3-7H,8,14H2,1-2H3,(H,15,16). The lowest BCUT2D eigenvalue weighted by atomic mass is 10.1. The molecule has 0 saturated carbocycles. The van der Waals surface area contributed by atoms with Crippen LogP contribution in [0.1, 0.15) is 16.2 Å². The number of rotatable bonds is 4. The normalized spacial score (nSPS) is 10.2. The summed E-state index contributed by atoms with van der Waals surface area (Å²) in [7, 11) is 3.22. The number of nitrogens with one attached hydrogen (secondary N) is 1. The molecule has 0 bridgehead atoms. The molecule has 0 aliphatic heterocycles. The molecule has 1 aromatic heterocycles. The summed E-state index contributed by atoms with van der Waals surface area (Å²) < 4.78 is 5.18. The number of benzene rings is 1. The van der Waals surface area contributed by atoms with Crippen LogP contribution in [0, 0.1) is 0 Å². The number of nitrogen functional groups attached to an aromatic ring is 1. The first-order valence-electron chi connectivity index (χ1n) is 5.79. The second-order valence-electron chi connectivity index (χ2n) is 4.16. The van der Waals surface area contributed by atoms with E-state index in [1.54, 1.807) is 42.5 Å². The second kappa shape index (κ2) is 5.43. The highest BCUT2D eigenvalue weighted by atomic mass is 16.5. The van der Waals surface area contributed by atoms with Crippen molar-refractivity contribution < 1.29 is 9.53 Å². The molecule has 6 nitrogen and oxygen atoms in total. The van der Waals surface area contributed by atoms with Crippen molar-refractivity contribution in [2.75, 3.05) is 19.9 Å². The summed E-state index contributed by atoms with van der Waals surface area (Å²) in [5.74, 6) is 1.06. The average Bonchev–Trinajstić information content (AvgIpc) is 2.90. The predicted molar refractivity (Wildman–Crippen MR) is 71.8 cm³/mol. The highest BCUT2D eigenvalue weighted by molar-refractivity contribution is 5.97. The van der Waals surface area contributed by atoms with E-state index in [-0.39, 0.29) is 5.91 Å². The van der Waals surface area contributed by atoms with Gasteiger partial charge in [0.2, 0.25) is 0 Å². The Labute approximate surface area is 111 Å². The van der Waals surface area contributed by atoms with E-state index in [0.29, 0.717) is 23.5 Å². The van der Waals surface area contributed by atoms with Crippen LogP contribution in [0.5, 0.6) is 5.75 Å². The van der Waals surface area contributed by atoms with Crippen LogP contribution in [-0.2, 0) is 6.54 Å². The molecule has 1 amide bonds. The predicted octanol–water partition coefficient (Wildman–Crippen LogP) is 1.27. The van der Waals surface area contributed by atoms with E-state index in [9.17, 15) is 4.79 Å². The Kier molecular flexibility index (Phi) is 3.70. The summed E-state index contributed by atoms with van der Waals surface area (Å²) in [6.45, 7) is 0.393. The van der Waals surface area contributed by atoms with Crippen LogP contribution in [-0.4, -0.2) is 34.9 Å². The van der Waals surface area contributed by atoms with E-state index < -0.39 is 0 Å². The van der Waals surface area contributed by atoms with Gasteiger partial charge in [0.15, 0.2) is 0 Å². The molecule has 6 heteroatoms. The van der Waals surface area contributed by atoms with E-state index in [1.807, 2.05) is 0 Å². The number of nitrogens with two attached hydrogens (primary N) is 1. The molecular weight excluding hydrogens is 244 g/mol. The fourth-order valence-corrected chi connectivity index (χ4v) is 1.78. The van der Waals surface area contributed by atoms with Gasteiger partial charge in [-0.05, 0) is 18.2 Å². The molecule has 0 spiro atoms. The van der Waals surface area contributed by atoms with Crippen LogP contribution in [0.2, 0.25) is 0 Å². The van der Waals surface area contributed by atoms with Crippen molar-refractivity contribution in [3.05, 3.63) is 42.0 Å². The lowest BCUT2D eigenvalue weighted by Gasteiger charge is -2.17. The number of imidazole rings is 1. The quantitative estimate of drug-likeness (QED) is 0.811. The van der Waals surface area contributed by atoms with Gasteiger partial charge in [-0.15, -0.1) is 0 Å². The fraction of sp³-hybridized carbons (Fsp3) is 0.231. The molecule has 19 heavy (non-hydrogen) atoms. The molecule has 1 aromatic carbocycles. The Balaban J connectivity index is 2.21. The third-order valence-electron chi connectivity index (χ3n) is 2.74. The molecule has 0 atom stereocenters.